The Morgan fingerprint density at radius 3 is 2.67 bits per heavy atom. The Morgan fingerprint density at radius 1 is 1.57 bits per heavy atom. The van der Waals surface area contributed by atoms with Crippen LogP contribution in [0.15, 0.2) is 23.6 Å². The fourth-order valence-corrected chi connectivity index (χ4v) is 2.51. The second-order valence-electron chi connectivity index (χ2n) is 5.79. The molecular weight excluding hydrogens is 269 g/mol. The molecule has 4 heteroatoms. The number of nitrogens with zero attached hydrogens (tertiary/aromatic N) is 1. The van der Waals surface area contributed by atoms with Crippen molar-refractivity contribution in [3.05, 3.63) is 23.6 Å². The quantitative estimate of drug-likeness (QED) is 0.337. The molecule has 1 rings (SSSR count). The van der Waals surface area contributed by atoms with Gasteiger partial charge in [-0.2, -0.15) is 9.65 Å². The highest BCUT2D eigenvalue weighted by Gasteiger charge is 2.62. The number of allylic oxidation sites excluding steroid dienone is 3. The number of rotatable bonds is 5. The number of hydrogen-bond donors (Lipinski definition) is 0. The molecule has 1 aliphatic rings. The number of halogens is 1. The van der Waals surface area contributed by atoms with Gasteiger partial charge < -0.3 is 4.74 Å². The summed E-state index contributed by atoms with van der Waals surface area (Å²) in [7, 11) is 0. The van der Waals surface area contributed by atoms with Crippen molar-refractivity contribution in [2.24, 2.45) is 17.3 Å². The molecule has 0 aromatic carbocycles. The van der Waals surface area contributed by atoms with Crippen molar-refractivity contribution in [3.63, 3.8) is 0 Å². The standard InChI is InChI=1S/C17H20FNO2/c1-6-8-11(3)14(7-2)21-16(20)15-13(17(15,4)5)9-12(18)10-19/h2,8-9,13-15H,6H2,1,3-5H3/b11-8+,12-9+. The molecule has 0 heterocycles. The van der Waals surface area contributed by atoms with Crippen LogP contribution < -0.4 is 0 Å². The van der Waals surface area contributed by atoms with Gasteiger partial charge in [0.1, 0.15) is 6.07 Å². The van der Waals surface area contributed by atoms with Gasteiger partial charge in [-0.1, -0.05) is 32.8 Å². The van der Waals surface area contributed by atoms with Gasteiger partial charge in [0.15, 0.2) is 11.9 Å². The molecule has 0 bridgehead atoms. The maximum Gasteiger partial charge on any atom is 0.311 e. The van der Waals surface area contributed by atoms with E-state index in [1.54, 1.807) is 0 Å². The molecule has 1 aliphatic carbocycles. The Labute approximate surface area is 125 Å². The molecule has 0 saturated heterocycles. The van der Waals surface area contributed by atoms with E-state index in [1.807, 2.05) is 33.8 Å². The second-order valence-corrected chi connectivity index (χ2v) is 5.79. The number of terminal acetylenes is 1. The van der Waals surface area contributed by atoms with Gasteiger partial charge in [-0.05, 0) is 30.4 Å². The van der Waals surface area contributed by atoms with Gasteiger partial charge in [0, 0.05) is 5.92 Å². The Morgan fingerprint density at radius 2 is 2.19 bits per heavy atom. The fraction of sp³-hybridized carbons (Fsp3) is 0.529. The van der Waals surface area contributed by atoms with E-state index in [-0.39, 0.29) is 5.92 Å². The van der Waals surface area contributed by atoms with Crippen LogP contribution in [0.2, 0.25) is 0 Å². The van der Waals surface area contributed by atoms with Crippen molar-refractivity contribution >= 4 is 5.97 Å². The largest absolute Gasteiger partial charge is 0.444 e. The van der Waals surface area contributed by atoms with Crippen molar-refractivity contribution in [1.82, 2.24) is 0 Å². The lowest BCUT2D eigenvalue weighted by molar-refractivity contribution is -0.147. The first-order valence-corrected chi connectivity index (χ1v) is 6.90. The molecule has 0 N–H and O–H groups in total. The van der Waals surface area contributed by atoms with Gasteiger partial charge in [0.25, 0.3) is 0 Å². The van der Waals surface area contributed by atoms with Crippen LogP contribution in [0.4, 0.5) is 4.39 Å². The van der Waals surface area contributed by atoms with Crippen molar-refractivity contribution in [1.29, 1.82) is 5.26 Å². The lowest BCUT2D eigenvalue weighted by atomic mass is 10.1. The number of esters is 1. The predicted octanol–water partition coefficient (Wildman–Crippen LogP) is 3.54. The van der Waals surface area contributed by atoms with Crippen molar-refractivity contribution < 1.29 is 13.9 Å². The third-order valence-corrected chi connectivity index (χ3v) is 3.92. The molecule has 3 nitrogen and oxygen atoms in total. The van der Waals surface area contributed by atoms with Crippen LogP contribution in [0.1, 0.15) is 34.1 Å². The lowest BCUT2D eigenvalue weighted by Crippen LogP contribution is -2.20. The molecule has 21 heavy (non-hydrogen) atoms. The van der Waals surface area contributed by atoms with Crippen molar-refractivity contribution in [2.75, 3.05) is 0 Å². The van der Waals surface area contributed by atoms with E-state index in [9.17, 15) is 9.18 Å². The van der Waals surface area contributed by atoms with Crippen LogP contribution in [0.3, 0.4) is 0 Å². The van der Waals surface area contributed by atoms with Gasteiger partial charge >= 0.3 is 5.97 Å². The first kappa shape index (κ1) is 17.0. The van der Waals surface area contributed by atoms with E-state index in [2.05, 4.69) is 5.92 Å². The minimum absolute atomic E-state index is 0.335. The molecule has 112 valence electrons. The summed E-state index contributed by atoms with van der Waals surface area (Å²) >= 11 is 0. The molecular formula is C17H20FNO2. The molecule has 3 unspecified atom stereocenters. The van der Waals surface area contributed by atoms with E-state index in [1.165, 1.54) is 12.1 Å². The maximum absolute atomic E-state index is 13.1. The number of nitriles is 1. The smallest absolute Gasteiger partial charge is 0.311 e. The van der Waals surface area contributed by atoms with Gasteiger partial charge in [0.2, 0.25) is 0 Å². The molecule has 1 fully saturated rings. The van der Waals surface area contributed by atoms with Crippen molar-refractivity contribution in [2.45, 2.75) is 40.2 Å². The zero-order valence-electron chi connectivity index (χ0n) is 12.8. The SMILES string of the molecule is C#CC(OC(=O)C1C(/C=C(/F)C#N)C1(C)C)/C(C)=C/CC. The molecule has 0 aromatic heterocycles. The zero-order chi connectivity index (χ0) is 16.2. The number of ether oxygens (including phenoxy) is 1. The van der Waals surface area contributed by atoms with E-state index in [0.29, 0.717) is 0 Å². The summed E-state index contributed by atoms with van der Waals surface area (Å²) in [5.41, 5.74) is 0.384. The fourth-order valence-electron chi connectivity index (χ4n) is 2.51. The lowest BCUT2D eigenvalue weighted by Gasteiger charge is -2.13. The van der Waals surface area contributed by atoms with E-state index >= 15 is 0 Å². The minimum atomic E-state index is -0.876. The molecule has 0 aliphatic heterocycles. The van der Waals surface area contributed by atoms with E-state index in [4.69, 9.17) is 16.4 Å². The van der Waals surface area contributed by atoms with E-state index < -0.39 is 29.2 Å². The Balaban J connectivity index is 2.80. The first-order valence-electron chi connectivity index (χ1n) is 6.90. The molecule has 0 radical (unpaired) electrons. The molecule has 1 saturated carbocycles. The summed E-state index contributed by atoms with van der Waals surface area (Å²) in [4.78, 5) is 12.2. The Bertz CT molecular complexity index is 560. The van der Waals surface area contributed by atoms with Crippen LogP contribution in [-0.4, -0.2) is 12.1 Å². The summed E-state index contributed by atoms with van der Waals surface area (Å²) in [6.45, 7) is 7.45. The van der Waals surface area contributed by atoms with Crippen LogP contribution in [0, 0.1) is 40.9 Å². The normalized spacial score (nSPS) is 25.5. The van der Waals surface area contributed by atoms with E-state index in [0.717, 1.165) is 12.0 Å². The summed E-state index contributed by atoms with van der Waals surface area (Å²) in [5.74, 6) is 0.314. The minimum Gasteiger partial charge on any atom is -0.444 e. The highest BCUT2D eigenvalue weighted by molar-refractivity contribution is 5.79. The van der Waals surface area contributed by atoms with Gasteiger partial charge in [-0.15, -0.1) is 6.42 Å². The first-order chi connectivity index (χ1) is 9.79. The average Bonchev–Trinajstić information content (AvgIpc) is 2.96. The highest BCUT2D eigenvalue weighted by atomic mass is 19.1. The zero-order valence-corrected chi connectivity index (χ0v) is 12.8. The number of carbonyl (C=O) groups excluding carboxylic acids is 1. The molecule has 0 aromatic rings. The number of carbonyl (C=O) groups is 1. The number of hydrogen-bond acceptors (Lipinski definition) is 3. The van der Waals surface area contributed by atoms with Crippen LogP contribution >= 0.6 is 0 Å². The summed E-state index contributed by atoms with van der Waals surface area (Å²) in [6, 6.07) is 1.42. The average molecular weight is 289 g/mol. The molecule has 3 atom stereocenters. The maximum atomic E-state index is 13.1. The molecule has 0 amide bonds. The second kappa shape index (κ2) is 6.59. The van der Waals surface area contributed by atoms with Gasteiger partial charge in [-0.25, -0.2) is 0 Å². The van der Waals surface area contributed by atoms with Crippen molar-refractivity contribution in [3.8, 4) is 18.4 Å². The summed E-state index contributed by atoms with van der Waals surface area (Å²) in [6.07, 6.45) is 8.59. The highest BCUT2D eigenvalue weighted by Crippen LogP contribution is 2.60. The van der Waals surface area contributed by atoms with Crippen LogP contribution in [0.25, 0.3) is 0 Å². The Hall–Kier alpha value is -2.07. The Kier molecular flexibility index (Phi) is 5.33. The van der Waals surface area contributed by atoms with Crippen LogP contribution in [-0.2, 0) is 9.53 Å². The molecule has 0 spiro atoms. The predicted molar refractivity (Wildman–Crippen MR) is 78.3 cm³/mol. The topological polar surface area (TPSA) is 50.1 Å². The third kappa shape index (κ3) is 3.73. The van der Waals surface area contributed by atoms with Gasteiger partial charge in [0.05, 0.1) is 5.92 Å². The summed E-state index contributed by atoms with van der Waals surface area (Å²) in [5, 5.41) is 8.48. The monoisotopic (exact) mass is 289 g/mol. The van der Waals surface area contributed by atoms with Crippen LogP contribution in [0.5, 0.6) is 0 Å². The third-order valence-electron chi connectivity index (χ3n) is 3.92. The summed E-state index contributed by atoms with van der Waals surface area (Å²) < 4.78 is 18.4. The van der Waals surface area contributed by atoms with Gasteiger partial charge in [-0.3, -0.25) is 4.79 Å².